The molecule has 0 heterocycles. The average molecular weight is 294 g/mol. The molecule has 0 fully saturated rings. The Bertz CT molecular complexity index is 564. The maximum Gasteiger partial charge on any atom is 0.519 e. The van der Waals surface area contributed by atoms with E-state index in [4.69, 9.17) is 9.39 Å². The lowest BCUT2D eigenvalue weighted by molar-refractivity contribution is 0.194. The standard InChI is InChI=1S/C14H12BFO3.2H2O/c1-18-14(17)15(11-6-3-2-4-7-11)19-13-9-5-8-12(16)10-13;;/h2-10H,1H3;2*1H2. The van der Waals surface area contributed by atoms with Crippen LogP contribution in [0, 0.1) is 5.82 Å². The van der Waals surface area contributed by atoms with Crippen LogP contribution in [0.2, 0.25) is 0 Å². The highest BCUT2D eigenvalue weighted by molar-refractivity contribution is 6.94. The second-order valence-electron chi connectivity index (χ2n) is 3.89. The number of hydrogen-bond donors (Lipinski definition) is 0. The molecule has 0 aliphatic carbocycles. The Labute approximate surface area is 122 Å². The van der Waals surface area contributed by atoms with Crippen LogP contribution in [0.1, 0.15) is 0 Å². The lowest BCUT2D eigenvalue weighted by atomic mass is 9.61. The summed E-state index contributed by atoms with van der Waals surface area (Å²) >= 11 is 0. The quantitative estimate of drug-likeness (QED) is 0.780. The normalized spacial score (nSPS) is 8.86. The predicted molar refractivity (Wildman–Crippen MR) is 78.5 cm³/mol. The molecule has 0 aromatic heterocycles. The molecule has 0 saturated heterocycles. The summed E-state index contributed by atoms with van der Waals surface area (Å²) in [7, 11) is 1.28. The highest BCUT2D eigenvalue weighted by Gasteiger charge is 2.31. The summed E-state index contributed by atoms with van der Waals surface area (Å²) < 4.78 is 23.3. The minimum atomic E-state index is -0.909. The maximum atomic E-state index is 13.1. The topological polar surface area (TPSA) is 98.5 Å². The number of carbonyl (C=O) groups is 1. The van der Waals surface area contributed by atoms with Crippen LogP contribution < -0.4 is 10.1 Å². The second kappa shape index (κ2) is 8.73. The highest BCUT2D eigenvalue weighted by Crippen LogP contribution is 2.13. The first-order chi connectivity index (χ1) is 9.20. The third-order valence-corrected chi connectivity index (χ3v) is 2.57. The molecule has 0 radical (unpaired) electrons. The summed E-state index contributed by atoms with van der Waals surface area (Å²) in [5.41, 5.74) is 0.651. The predicted octanol–water partition coefficient (Wildman–Crippen LogP) is 0.802. The first kappa shape index (κ1) is 18.6. The lowest BCUT2D eigenvalue weighted by Crippen LogP contribution is -2.44. The van der Waals surface area contributed by atoms with Crippen molar-refractivity contribution in [2.75, 3.05) is 7.11 Å². The molecule has 2 aromatic rings. The molecule has 112 valence electrons. The van der Waals surface area contributed by atoms with Gasteiger partial charge in [0.15, 0.2) is 0 Å². The van der Waals surface area contributed by atoms with Crippen LogP contribution >= 0.6 is 0 Å². The van der Waals surface area contributed by atoms with Gasteiger partial charge in [-0.15, -0.1) is 0 Å². The fourth-order valence-electron chi connectivity index (χ4n) is 1.66. The molecule has 5 nitrogen and oxygen atoms in total. The molecular formula is C14H16BFO5. The van der Waals surface area contributed by atoms with Crippen molar-refractivity contribution in [2.24, 2.45) is 0 Å². The van der Waals surface area contributed by atoms with Gasteiger partial charge in [-0.3, -0.25) is 4.79 Å². The van der Waals surface area contributed by atoms with Gasteiger partial charge < -0.3 is 20.3 Å². The Morgan fingerprint density at radius 2 is 1.71 bits per heavy atom. The maximum absolute atomic E-state index is 13.1. The van der Waals surface area contributed by atoms with E-state index in [2.05, 4.69) is 0 Å². The molecule has 0 saturated carbocycles. The minimum Gasteiger partial charge on any atom is -0.547 e. The van der Waals surface area contributed by atoms with E-state index in [-0.39, 0.29) is 16.7 Å². The van der Waals surface area contributed by atoms with Gasteiger partial charge in [-0.25, -0.2) is 4.39 Å². The van der Waals surface area contributed by atoms with E-state index in [0.29, 0.717) is 5.46 Å². The zero-order valence-electron chi connectivity index (χ0n) is 11.4. The fourth-order valence-corrected chi connectivity index (χ4v) is 1.66. The number of carbonyl (C=O) groups excluding carboxylic acids is 1. The van der Waals surface area contributed by atoms with E-state index in [0.717, 1.165) is 0 Å². The first-order valence-electron chi connectivity index (χ1n) is 5.75. The van der Waals surface area contributed by atoms with E-state index in [1.807, 2.05) is 6.07 Å². The minimum absolute atomic E-state index is 0. The summed E-state index contributed by atoms with van der Waals surface area (Å²) in [6, 6.07) is 14.6. The molecule has 2 aromatic carbocycles. The van der Waals surface area contributed by atoms with Crippen LogP contribution in [0.3, 0.4) is 0 Å². The monoisotopic (exact) mass is 294 g/mol. The van der Waals surface area contributed by atoms with E-state index >= 15 is 0 Å². The third kappa shape index (κ3) is 4.90. The summed E-state index contributed by atoms with van der Waals surface area (Å²) in [5, 5.41) is 0. The molecule has 4 N–H and O–H groups in total. The van der Waals surface area contributed by atoms with Gasteiger partial charge >= 0.3 is 12.8 Å². The number of hydrogen-bond acceptors (Lipinski definition) is 3. The van der Waals surface area contributed by atoms with E-state index in [1.54, 1.807) is 30.3 Å². The van der Waals surface area contributed by atoms with E-state index < -0.39 is 18.6 Å². The Hall–Kier alpha value is -2.38. The van der Waals surface area contributed by atoms with Crippen LogP contribution in [0.15, 0.2) is 54.6 Å². The molecule has 0 atom stereocenters. The SMILES string of the molecule is COC(=O)B(Oc1cccc(F)c1)c1ccccc1.O.O. The molecule has 21 heavy (non-hydrogen) atoms. The summed E-state index contributed by atoms with van der Waals surface area (Å²) in [4.78, 5) is 11.8. The Kier molecular flexibility index (Phi) is 7.74. The van der Waals surface area contributed by atoms with Crippen LogP contribution in [-0.2, 0) is 4.74 Å². The molecule has 7 heteroatoms. The molecule has 0 aliphatic rings. The van der Waals surface area contributed by atoms with Crippen molar-refractivity contribution in [3.05, 3.63) is 60.4 Å². The van der Waals surface area contributed by atoms with Crippen LogP contribution in [0.25, 0.3) is 0 Å². The Balaban J connectivity index is 0.00000200. The lowest BCUT2D eigenvalue weighted by Gasteiger charge is -2.13. The van der Waals surface area contributed by atoms with Crippen molar-refractivity contribution < 1.29 is 29.5 Å². The summed E-state index contributed by atoms with van der Waals surface area (Å²) in [6.45, 7) is -0.909. The molecular weight excluding hydrogens is 278 g/mol. The fraction of sp³-hybridized carbons (Fsp3) is 0.0714. The average Bonchev–Trinajstić information content (AvgIpc) is 2.45. The van der Waals surface area contributed by atoms with Gasteiger partial charge in [0.2, 0.25) is 0 Å². The zero-order chi connectivity index (χ0) is 13.7. The number of benzene rings is 2. The molecule has 0 unspecified atom stereocenters. The van der Waals surface area contributed by atoms with Crippen molar-refractivity contribution >= 4 is 18.2 Å². The van der Waals surface area contributed by atoms with Gasteiger partial charge in [0.1, 0.15) is 11.6 Å². The van der Waals surface area contributed by atoms with E-state index in [1.165, 1.54) is 25.3 Å². The number of halogens is 1. The number of methoxy groups -OCH3 is 1. The molecule has 0 spiro atoms. The van der Waals surface area contributed by atoms with Gasteiger partial charge in [-0.1, -0.05) is 36.4 Å². The van der Waals surface area contributed by atoms with Crippen LogP contribution in [0.5, 0.6) is 5.75 Å². The van der Waals surface area contributed by atoms with Gasteiger partial charge in [-0.05, 0) is 17.6 Å². The zero-order valence-corrected chi connectivity index (χ0v) is 11.4. The van der Waals surface area contributed by atoms with Gasteiger partial charge in [0.05, 0.1) is 7.11 Å². The van der Waals surface area contributed by atoms with Crippen molar-refractivity contribution in [1.82, 2.24) is 0 Å². The molecule has 0 aliphatic heterocycles. The van der Waals surface area contributed by atoms with Gasteiger partial charge in [0, 0.05) is 6.07 Å². The van der Waals surface area contributed by atoms with Crippen molar-refractivity contribution in [3.63, 3.8) is 0 Å². The van der Waals surface area contributed by atoms with E-state index in [9.17, 15) is 9.18 Å². The second-order valence-corrected chi connectivity index (χ2v) is 3.89. The largest absolute Gasteiger partial charge is 0.547 e. The third-order valence-electron chi connectivity index (χ3n) is 2.57. The number of ether oxygens (including phenoxy) is 1. The van der Waals surface area contributed by atoms with Crippen molar-refractivity contribution in [3.8, 4) is 5.75 Å². The van der Waals surface area contributed by atoms with Crippen LogP contribution in [0.4, 0.5) is 9.18 Å². The van der Waals surface area contributed by atoms with Crippen molar-refractivity contribution in [2.45, 2.75) is 0 Å². The highest BCUT2D eigenvalue weighted by atomic mass is 19.1. The van der Waals surface area contributed by atoms with Crippen molar-refractivity contribution in [1.29, 1.82) is 0 Å². The Morgan fingerprint density at radius 3 is 2.29 bits per heavy atom. The number of rotatable bonds is 4. The molecule has 0 amide bonds. The summed E-state index contributed by atoms with van der Waals surface area (Å²) in [6.07, 6.45) is 0. The summed E-state index contributed by atoms with van der Waals surface area (Å²) in [5.74, 6) is -0.677. The first-order valence-corrected chi connectivity index (χ1v) is 5.75. The Morgan fingerprint density at radius 1 is 1.05 bits per heavy atom. The van der Waals surface area contributed by atoms with Crippen LogP contribution in [-0.4, -0.2) is 30.8 Å². The smallest absolute Gasteiger partial charge is 0.519 e. The van der Waals surface area contributed by atoms with Gasteiger partial charge in [0.25, 0.3) is 0 Å². The molecule has 0 bridgehead atoms. The molecule has 2 rings (SSSR count). The van der Waals surface area contributed by atoms with Gasteiger partial charge in [-0.2, -0.15) is 0 Å².